The lowest BCUT2D eigenvalue weighted by Crippen LogP contribution is -2.34. The van der Waals surface area contributed by atoms with Crippen LogP contribution in [-0.2, 0) is 10.0 Å². The predicted molar refractivity (Wildman–Crippen MR) is 114 cm³/mol. The Kier molecular flexibility index (Phi) is 6.15. The van der Waals surface area contributed by atoms with Crippen LogP contribution < -0.4 is 9.04 Å². The van der Waals surface area contributed by atoms with Crippen LogP contribution in [0.4, 0.5) is 10.1 Å². The van der Waals surface area contributed by atoms with Gasteiger partial charge < -0.3 is 4.74 Å². The maximum Gasteiger partial charge on any atom is 0.265 e. The van der Waals surface area contributed by atoms with Crippen molar-refractivity contribution in [3.63, 3.8) is 0 Å². The van der Waals surface area contributed by atoms with E-state index in [1.807, 2.05) is 6.07 Å². The maximum atomic E-state index is 13.7. The highest BCUT2D eigenvalue weighted by molar-refractivity contribution is 7.92. The van der Waals surface area contributed by atoms with Crippen molar-refractivity contribution in [2.24, 2.45) is 0 Å². The summed E-state index contributed by atoms with van der Waals surface area (Å²) >= 11 is 6.14. The van der Waals surface area contributed by atoms with Crippen molar-refractivity contribution in [3.8, 4) is 5.75 Å². The number of hydrogen-bond donors (Lipinski definition) is 0. The van der Waals surface area contributed by atoms with Crippen molar-refractivity contribution in [1.82, 2.24) is 0 Å². The molecular weight excluding hydrogens is 413 g/mol. The highest BCUT2D eigenvalue weighted by atomic mass is 35.5. The van der Waals surface area contributed by atoms with Gasteiger partial charge in [0.1, 0.15) is 11.6 Å². The summed E-state index contributed by atoms with van der Waals surface area (Å²) in [4.78, 5) is 0.0358. The number of methoxy groups -OCH3 is 1. The number of nitrogens with zero attached hydrogens (tertiary/aromatic N) is 1. The molecule has 1 unspecified atom stereocenters. The standard InChI is InChI=1S/C22H21ClFNO3S/c1-15-12-19(24)10-11-22(15)29(26,27)25(20-8-5-7-18(23)14-20)16(2)17-6-4-9-21(13-17)28-3/h4-14,16H,1-3H3. The highest BCUT2D eigenvalue weighted by Gasteiger charge is 2.32. The summed E-state index contributed by atoms with van der Waals surface area (Å²) in [5.41, 5.74) is 1.49. The van der Waals surface area contributed by atoms with Gasteiger partial charge in [0.15, 0.2) is 0 Å². The predicted octanol–water partition coefficient (Wildman–Crippen LogP) is 5.75. The zero-order valence-electron chi connectivity index (χ0n) is 16.3. The number of rotatable bonds is 6. The van der Waals surface area contributed by atoms with Crippen LogP contribution in [-0.4, -0.2) is 15.5 Å². The average molecular weight is 434 g/mol. The summed E-state index contributed by atoms with van der Waals surface area (Å²) in [5, 5.41) is 0.413. The van der Waals surface area contributed by atoms with E-state index in [1.165, 1.54) is 16.4 Å². The summed E-state index contributed by atoms with van der Waals surface area (Å²) in [6.45, 7) is 3.36. The third-order valence-electron chi connectivity index (χ3n) is 4.66. The lowest BCUT2D eigenvalue weighted by molar-refractivity contribution is 0.414. The van der Waals surface area contributed by atoms with Crippen LogP contribution in [0.3, 0.4) is 0 Å². The Hall–Kier alpha value is -2.57. The number of anilines is 1. The number of halogens is 2. The number of hydrogen-bond acceptors (Lipinski definition) is 3. The fourth-order valence-corrected chi connectivity index (χ4v) is 5.26. The molecule has 0 aliphatic carbocycles. The van der Waals surface area contributed by atoms with Gasteiger partial charge in [-0.2, -0.15) is 0 Å². The van der Waals surface area contributed by atoms with Gasteiger partial charge in [-0.05, 0) is 73.5 Å². The lowest BCUT2D eigenvalue weighted by atomic mass is 10.1. The third-order valence-corrected chi connectivity index (χ3v) is 6.96. The van der Waals surface area contributed by atoms with E-state index in [9.17, 15) is 12.8 Å². The SMILES string of the molecule is COc1cccc(C(C)N(c2cccc(Cl)c2)S(=O)(=O)c2ccc(F)cc2C)c1. The molecule has 3 aromatic carbocycles. The molecule has 152 valence electrons. The first-order chi connectivity index (χ1) is 13.7. The molecule has 4 nitrogen and oxygen atoms in total. The zero-order chi connectivity index (χ0) is 21.2. The molecule has 0 saturated heterocycles. The molecule has 3 aromatic rings. The summed E-state index contributed by atoms with van der Waals surface area (Å²) in [6, 6.07) is 16.9. The molecule has 29 heavy (non-hydrogen) atoms. The van der Waals surface area contributed by atoms with Crippen LogP contribution in [0.2, 0.25) is 5.02 Å². The molecule has 0 aliphatic rings. The largest absolute Gasteiger partial charge is 0.497 e. The van der Waals surface area contributed by atoms with Crippen molar-refractivity contribution in [1.29, 1.82) is 0 Å². The van der Waals surface area contributed by atoms with Gasteiger partial charge in [-0.25, -0.2) is 12.8 Å². The van der Waals surface area contributed by atoms with Gasteiger partial charge in [-0.3, -0.25) is 4.31 Å². The van der Waals surface area contributed by atoms with Crippen molar-refractivity contribution in [2.75, 3.05) is 11.4 Å². The molecule has 7 heteroatoms. The van der Waals surface area contributed by atoms with Gasteiger partial charge in [0.2, 0.25) is 0 Å². The minimum absolute atomic E-state index is 0.0358. The monoisotopic (exact) mass is 433 g/mol. The molecule has 0 bridgehead atoms. The Bertz CT molecular complexity index is 1130. The first-order valence-corrected chi connectivity index (χ1v) is 10.8. The second kappa shape index (κ2) is 8.43. The van der Waals surface area contributed by atoms with Crippen LogP contribution in [0, 0.1) is 12.7 Å². The highest BCUT2D eigenvalue weighted by Crippen LogP contribution is 2.36. The van der Waals surface area contributed by atoms with Gasteiger partial charge >= 0.3 is 0 Å². The molecule has 0 amide bonds. The summed E-state index contributed by atoms with van der Waals surface area (Å²) in [7, 11) is -2.47. The first-order valence-electron chi connectivity index (χ1n) is 8.94. The lowest BCUT2D eigenvalue weighted by Gasteiger charge is -2.31. The Morgan fingerprint density at radius 2 is 1.76 bits per heavy atom. The summed E-state index contributed by atoms with van der Waals surface area (Å²) in [6.07, 6.45) is 0. The quantitative estimate of drug-likeness (QED) is 0.497. The summed E-state index contributed by atoms with van der Waals surface area (Å²) < 4.78 is 47.5. The van der Waals surface area contributed by atoms with Crippen molar-refractivity contribution >= 4 is 27.3 Å². The molecular formula is C22H21ClFNO3S. The molecule has 1 atom stereocenters. The Labute approximate surface area is 175 Å². The van der Waals surface area contributed by atoms with Gasteiger partial charge in [-0.1, -0.05) is 29.8 Å². The minimum Gasteiger partial charge on any atom is -0.497 e. The van der Waals surface area contributed by atoms with E-state index in [4.69, 9.17) is 16.3 Å². The molecule has 0 heterocycles. The maximum absolute atomic E-state index is 13.7. The fourth-order valence-electron chi connectivity index (χ4n) is 3.23. The zero-order valence-corrected chi connectivity index (χ0v) is 17.8. The van der Waals surface area contributed by atoms with Crippen LogP contribution >= 0.6 is 11.6 Å². The normalized spacial score (nSPS) is 12.4. The number of aryl methyl sites for hydroxylation is 1. The van der Waals surface area contributed by atoms with E-state index in [-0.39, 0.29) is 4.90 Å². The Morgan fingerprint density at radius 1 is 1.03 bits per heavy atom. The van der Waals surface area contributed by atoms with E-state index < -0.39 is 21.9 Å². The minimum atomic E-state index is -4.02. The van der Waals surface area contributed by atoms with Crippen LogP contribution in [0.25, 0.3) is 0 Å². The third kappa shape index (κ3) is 4.38. The van der Waals surface area contributed by atoms with Gasteiger partial charge in [0, 0.05) is 5.02 Å². The Balaban J connectivity index is 2.20. The van der Waals surface area contributed by atoms with Crippen molar-refractivity contribution < 1.29 is 17.5 Å². The molecule has 0 radical (unpaired) electrons. The van der Waals surface area contributed by atoms with Crippen LogP contribution in [0.1, 0.15) is 24.1 Å². The molecule has 0 fully saturated rings. The van der Waals surface area contributed by atoms with E-state index in [0.717, 1.165) is 11.6 Å². The van der Waals surface area contributed by atoms with Gasteiger partial charge in [-0.15, -0.1) is 0 Å². The van der Waals surface area contributed by atoms with Crippen LogP contribution in [0.15, 0.2) is 71.6 Å². The van der Waals surface area contributed by atoms with Crippen molar-refractivity contribution in [2.45, 2.75) is 24.8 Å². The number of ether oxygens (including phenoxy) is 1. The van der Waals surface area contributed by atoms with Gasteiger partial charge in [0.05, 0.1) is 23.7 Å². The number of benzene rings is 3. The van der Waals surface area contributed by atoms with E-state index in [0.29, 0.717) is 22.0 Å². The van der Waals surface area contributed by atoms with E-state index in [1.54, 1.807) is 63.4 Å². The van der Waals surface area contributed by atoms with Crippen molar-refractivity contribution in [3.05, 3.63) is 88.7 Å². The van der Waals surface area contributed by atoms with E-state index >= 15 is 0 Å². The first kappa shape index (κ1) is 21.1. The summed E-state index contributed by atoms with van der Waals surface area (Å²) in [5.74, 6) is 0.132. The Morgan fingerprint density at radius 3 is 2.41 bits per heavy atom. The van der Waals surface area contributed by atoms with Gasteiger partial charge in [0.25, 0.3) is 10.0 Å². The molecule has 0 aromatic heterocycles. The second-order valence-corrected chi connectivity index (χ2v) is 8.86. The molecule has 0 saturated carbocycles. The van der Waals surface area contributed by atoms with E-state index in [2.05, 4.69) is 0 Å². The average Bonchev–Trinajstić information content (AvgIpc) is 2.67. The smallest absolute Gasteiger partial charge is 0.265 e. The molecule has 0 aliphatic heterocycles. The molecule has 0 spiro atoms. The topological polar surface area (TPSA) is 46.6 Å². The molecule has 3 rings (SSSR count). The van der Waals surface area contributed by atoms with Crippen LogP contribution in [0.5, 0.6) is 5.75 Å². The fraction of sp³-hybridized carbons (Fsp3) is 0.182. The molecule has 0 N–H and O–H groups in total. The second-order valence-electron chi connectivity index (χ2n) is 6.64. The number of sulfonamides is 1.